The van der Waals surface area contributed by atoms with Gasteiger partial charge in [0.2, 0.25) is 10.0 Å². The zero-order chi connectivity index (χ0) is 14.3. The molecule has 1 aromatic carbocycles. The lowest BCUT2D eigenvalue weighted by Gasteiger charge is -2.09. The topological polar surface area (TPSA) is 46.2 Å². The van der Waals surface area contributed by atoms with Crippen LogP contribution in [0.25, 0.3) is 0 Å². The number of hydrogen-bond donors (Lipinski definition) is 1. The average molecular weight is 348 g/mol. The van der Waals surface area contributed by atoms with Gasteiger partial charge in [0.1, 0.15) is 0 Å². The molecule has 0 fully saturated rings. The Morgan fingerprint density at radius 1 is 1.21 bits per heavy atom. The van der Waals surface area contributed by atoms with Gasteiger partial charge in [-0.15, -0.1) is 0 Å². The standard InChI is InChI=1S/C14H22BrNO2S/c1-3-5-12-6-8-14(9-7-12)19(17,18)16-11-10-13(15)4-2/h6-9,13,16H,3-5,10-11H2,1-2H3. The fraction of sp³-hybridized carbons (Fsp3) is 0.571. The molecule has 0 aliphatic heterocycles. The van der Waals surface area contributed by atoms with Crippen molar-refractivity contribution in [3.8, 4) is 0 Å². The summed E-state index contributed by atoms with van der Waals surface area (Å²) in [6.45, 7) is 4.64. The van der Waals surface area contributed by atoms with E-state index in [0.29, 0.717) is 16.3 Å². The maximum atomic E-state index is 12.0. The van der Waals surface area contributed by atoms with Gasteiger partial charge in [-0.05, 0) is 37.0 Å². The van der Waals surface area contributed by atoms with E-state index in [9.17, 15) is 8.42 Å². The van der Waals surface area contributed by atoms with E-state index in [0.717, 1.165) is 25.7 Å². The summed E-state index contributed by atoms with van der Waals surface area (Å²) in [5, 5.41) is 0. The summed E-state index contributed by atoms with van der Waals surface area (Å²) in [6.07, 6.45) is 3.83. The van der Waals surface area contributed by atoms with Gasteiger partial charge in [0.15, 0.2) is 0 Å². The highest BCUT2D eigenvalue weighted by molar-refractivity contribution is 9.09. The van der Waals surface area contributed by atoms with Gasteiger partial charge in [0.25, 0.3) is 0 Å². The summed E-state index contributed by atoms with van der Waals surface area (Å²) in [7, 11) is -3.37. The van der Waals surface area contributed by atoms with Crippen LogP contribution in [0.3, 0.4) is 0 Å². The Bertz CT molecular complexity index is 471. The molecule has 5 heteroatoms. The Labute approximate surface area is 125 Å². The molecule has 1 unspecified atom stereocenters. The lowest BCUT2D eigenvalue weighted by Crippen LogP contribution is -2.26. The van der Waals surface area contributed by atoms with Crippen molar-refractivity contribution in [2.75, 3.05) is 6.54 Å². The number of nitrogens with one attached hydrogen (secondary N) is 1. The molecule has 0 aliphatic carbocycles. The second-order valence-electron chi connectivity index (χ2n) is 4.59. The summed E-state index contributed by atoms with van der Waals surface area (Å²) in [5.74, 6) is 0. The molecule has 0 bridgehead atoms. The molecule has 0 spiro atoms. The number of aryl methyl sites for hydroxylation is 1. The van der Waals surface area contributed by atoms with Crippen molar-refractivity contribution in [3.63, 3.8) is 0 Å². The number of benzene rings is 1. The third-order valence-corrected chi connectivity index (χ3v) is 5.55. The molecule has 0 aromatic heterocycles. The maximum Gasteiger partial charge on any atom is 0.240 e. The summed E-state index contributed by atoms with van der Waals surface area (Å²) < 4.78 is 26.7. The monoisotopic (exact) mass is 347 g/mol. The van der Waals surface area contributed by atoms with Crippen molar-refractivity contribution < 1.29 is 8.42 Å². The van der Waals surface area contributed by atoms with E-state index in [1.165, 1.54) is 5.56 Å². The first-order valence-corrected chi connectivity index (χ1v) is 9.12. The molecule has 0 aliphatic rings. The minimum absolute atomic E-state index is 0.343. The number of alkyl halides is 1. The Morgan fingerprint density at radius 2 is 1.84 bits per heavy atom. The van der Waals surface area contributed by atoms with E-state index in [-0.39, 0.29) is 0 Å². The Hall–Kier alpha value is -0.390. The van der Waals surface area contributed by atoms with Gasteiger partial charge in [-0.3, -0.25) is 0 Å². The smallest absolute Gasteiger partial charge is 0.211 e. The molecular formula is C14H22BrNO2S. The summed E-state index contributed by atoms with van der Waals surface area (Å²) in [5.41, 5.74) is 1.17. The highest BCUT2D eigenvalue weighted by Gasteiger charge is 2.13. The molecule has 0 heterocycles. The maximum absolute atomic E-state index is 12.0. The zero-order valence-electron chi connectivity index (χ0n) is 11.5. The van der Waals surface area contributed by atoms with Crippen LogP contribution in [0, 0.1) is 0 Å². The van der Waals surface area contributed by atoms with Crippen molar-refractivity contribution >= 4 is 26.0 Å². The molecule has 0 radical (unpaired) electrons. The van der Waals surface area contributed by atoms with Crippen LogP contribution in [0.4, 0.5) is 0 Å². The second-order valence-corrected chi connectivity index (χ2v) is 7.65. The second kappa shape index (κ2) is 8.02. The number of rotatable bonds is 8. The number of sulfonamides is 1. The van der Waals surface area contributed by atoms with Crippen molar-refractivity contribution in [3.05, 3.63) is 29.8 Å². The zero-order valence-corrected chi connectivity index (χ0v) is 13.9. The van der Waals surface area contributed by atoms with Crippen LogP contribution < -0.4 is 4.72 Å². The Morgan fingerprint density at radius 3 is 2.37 bits per heavy atom. The van der Waals surface area contributed by atoms with Crippen molar-refractivity contribution in [1.29, 1.82) is 0 Å². The largest absolute Gasteiger partial charge is 0.240 e. The fourth-order valence-corrected chi connectivity index (χ4v) is 3.04. The molecule has 0 amide bonds. The Balaban J connectivity index is 2.61. The van der Waals surface area contributed by atoms with Gasteiger partial charge in [0.05, 0.1) is 4.90 Å². The molecule has 108 valence electrons. The van der Waals surface area contributed by atoms with Gasteiger partial charge >= 0.3 is 0 Å². The van der Waals surface area contributed by atoms with E-state index in [4.69, 9.17) is 0 Å². The predicted molar refractivity (Wildman–Crippen MR) is 83.2 cm³/mol. The lowest BCUT2D eigenvalue weighted by molar-refractivity contribution is 0.577. The van der Waals surface area contributed by atoms with Gasteiger partial charge in [-0.2, -0.15) is 0 Å². The van der Waals surface area contributed by atoms with E-state index in [1.807, 2.05) is 12.1 Å². The van der Waals surface area contributed by atoms with Crippen molar-refractivity contribution in [2.24, 2.45) is 0 Å². The quantitative estimate of drug-likeness (QED) is 0.731. The number of halogens is 1. The van der Waals surface area contributed by atoms with Crippen LogP contribution in [-0.4, -0.2) is 19.8 Å². The van der Waals surface area contributed by atoms with Gasteiger partial charge in [0, 0.05) is 11.4 Å². The SMILES string of the molecule is CCCc1ccc(S(=O)(=O)NCCC(Br)CC)cc1. The van der Waals surface area contributed by atoms with Crippen LogP contribution in [0.1, 0.15) is 38.7 Å². The van der Waals surface area contributed by atoms with E-state index in [2.05, 4.69) is 34.5 Å². The minimum atomic E-state index is -3.37. The molecule has 19 heavy (non-hydrogen) atoms. The van der Waals surface area contributed by atoms with Crippen LogP contribution in [0.2, 0.25) is 0 Å². The van der Waals surface area contributed by atoms with Crippen molar-refractivity contribution in [1.82, 2.24) is 4.72 Å². The normalized spacial score (nSPS) is 13.4. The van der Waals surface area contributed by atoms with Crippen LogP contribution in [0.15, 0.2) is 29.2 Å². The molecule has 1 atom stereocenters. The predicted octanol–water partition coefficient (Wildman–Crippen LogP) is 3.48. The van der Waals surface area contributed by atoms with Crippen LogP contribution >= 0.6 is 15.9 Å². The molecule has 0 saturated heterocycles. The first-order valence-electron chi connectivity index (χ1n) is 6.72. The molecule has 1 rings (SSSR count). The van der Waals surface area contributed by atoms with E-state index in [1.54, 1.807) is 12.1 Å². The molecule has 0 saturated carbocycles. The fourth-order valence-electron chi connectivity index (χ4n) is 1.76. The first-order chi connectivity index (χ1) is 8.99. The first kappa shape index (κ1) is 16.7. The van der Waals surface area contributed by atoms with Crippen LogP contribution in [-0.2, 0) is 16.4 Å². The van der Waals surface area contributed by atoms with Gasteiger partial charge in [-0.25, -0.2) is 13.1 Å². The molecule has 3 nitrogen and oxygen atoms in total. The third-order valence-electron chi connectivity index (χ3n) is 2.96. The highest BCUT2D eigenvalue weighted by Crippen LogP contribution is 2.13. The summed E-state index contributed by atoms with van der Waals surface area (Å²) in [4.78, 5) is 0.706. The molecule has 1 aromatic rings. The Kier molecular flexibility index (Phi) is 7.04. The van der Waals surface area contributed by atoms with E-state index < -0.39 is 10.0 Å². The van der Waals surface area contributed by atoms with Crippen molar-refractivity contribution in [2.45, 2.75) is 49.3 Å². The highest BCUT2D eigenvalue weighted by atomic mass is 79.9. The average Bonchev–Trinajstić information content (AvgIpc) is 2.39. The van der Waals surface area contributed by atoms with Gasteiger partial charge in [-0.1, -0.05) is 48.3 Å². The molecule has 1 N–H and O–H groups in total. The lowest BCUT2D eigenvalue weighted by atomic mass is 10.1. The summed E-state index contributed by atoms with van der Waals surface area (Å²) >= 11 is 3.49. The van der Waals surface area contributed by atoms with Crippen LogP contribution in [0.5, 0.6) is 0 Å². The van der Waals surface area contributed by atoms with Gasteiger partial charge < -0.3 is 0 Å². The third kappa shape index (κ3) is 5.63. The van der Waals surface area contributed by atoms with E-state index >= 15 is 0 Å². The summed E-state index contributed by atoms with van der Waals surface area (Å²) in [6, 6.07) is 7.13. The minimum Gasteiger partial charge on any atom is -0.211 e. The number of hydrogen-bond acceptors (Lipinski definition) is 2. The molecular weight excluding hydrogens is 326 g/mol.